The molecule has 0 aliphatic heterocycles. The van der Waals surface area contributed by atoms with Crippen LogP contribution in [0.25, 0.3) is 5.78 Å². The summed E-state index contributed by atoms with van der Waals surface area (Å²) >= 11 is 0. The van der Waals surface area contributed by atoms with Gasteiger partial charge >= 0.3 is 12.0 Å². The predicted octanol–water partition coefficient (Wildman–Crippen LogP) is 1.39. The number of rotatable bonds is 4. The van der Waals surface area contributed by atoms with Crippen LogP contribution in [0.2, 0.25) is 0 Å². The molecule has 0 saturated heterocycles. The quantitative estimate of drug-likeness (QED) is 0.649. The Morgan fingerprint density at radius 1 is 1.18 bits per heavy atom. The van der Waals surface area contributed by atoms with Crippen LogP contribution in [-0.4, -0.2) is 44.1 Å². The van der Waals surface area contributed by atoms with Gasteiger partial charge in [-0.15, -0.1) is 5.10 Å². The lowest BCUT2D eigenvalue weighted by Gasteiger charge is -2.07. The van der Waals surface area contributed by atoms with E-state index in [-0.39, 0.29) is 17.3 Å². The van der Waals surface area contributed by atoms with Crippen molar-refractivity contribution in [3.63, 3.8) is 0 Å². The molecule has 0 unspecified atom stereocenters. The maximum absolute atomic E-state index is 13.5. The van der Waals surface area contributed by atoms with Crippen LogP contribution in [0.3, 0.4) is 0 Å². The number of anilines is 1. The van der Waals surface area contributed by atoms with Crippen molar-refractivity contribution in [1.82, 2.24) is 24.9 Å². The van der Waals surface area contributed by atoms with Gasteiger partial charge in [-0.05, 0) is 32.0 Å². The Morgan fingerprint density at radius 3 is 2.68 bits per heavy atom. The number of nitrogens with one attached hydrogen (secondary N) is 2. The summed E-state index contributed by atoms with van der Waals surface area (Å²) in [5.74, 6) is -2.57. The fourth-order valence-electron chi connectivity index (χ4n) is 2.33. The molecule has 3 amide bonds. The highest BCUT2D eigenvalue weighted by Crippen LogP contribution is 2.11. The molecule has 2 N–H and O–H groups in total. The number of aryl methyl sites for hydroxylation is 2. The minimum atomic E-state index is -0.965. The molecule has 0 aliphatic carbocycles. The number of carbonyl (C=O) groups is 3. The van der Waals surface area contributed by atoms with Gasteiger partial charge in [-0.1, -0.05) is 12.1 Å². The number of carbonyl (C=O) groups excluding carboxylic acids is 3. The van der Waals surface area contributed by atoms with Gasteiger partial charge in [0.05, 0.1) is 5.69 Å². The number of imide groups is 1. The highest BCUT2D eigenvalue weighted by atomic mass is 19.1. The summed E-state index contributed by atoms with van der Waals surface area (Å²) in [4.78, 5) is 43.5. The van der Waals surface area contributed by atoms with Gasteiger partial charge in [0, 0.05) is 11.4 Å². The largest absolute Gasteiger partial charge is 0.450 e. The summed E-state index contributed by atoms with van der Waals surface area (Å²) in [5, 5.41) is 8.05. The maximum Gasteiger partial charge on any atom is 0.378 e. The van der Waals surface area contributed by atoms with Crippen LogP contribution in [0.5, 0.6) is 0 Å². The summed E-state index contributed by atoms with van der Waals surface area (Å²) in [6.45, 7) is 2.80. The summed E-state index contributed by atoms with van der Waals surface area (Å²) in [5.41, 5.74) is 1.33. The third-order valence-electron chi connectivity index (χ3n) is 3.51. The fraction of sp³-hybridized carbons (Fsp3) is 0.176. The van der Waals surface area contributed by atoms with Gasteiger partial charge < -0.3 is 10.1 Å². The van der Waals surface area contributed by atoms with E-state index in [1.165, 1.54) is 22.7 Å². The number of halogens is 1. The second-order valence-corrected chi connectivity index (χ2v) is 5.74. The molecule has 10 nitrogen and oxygen atoms in total. The third kappa shape index (κ3) is 4.26. The first kappa shape index (κ1) is 18.9. The van der Waals surface area contributed by atoms with E-state index in [9.17, 15) is 18.8 Å². The Labute approximate surface area is 157 Å². The number of hydrogen-bond acceptors (Lipinski definition) is 7. The molecule has 2 heterocycles. The molecule has 0 aliphatic rings. The number of hydrogen-bond donors (Lipinski definition) is 2. The van der Waals surface area contributed by atoms with Crippen LogP contribution in [-0.2, 0) is 9.53 Å². The molecule has 0 bridgehead atoms. The van der Waals surface area contributed by atoms with E-state index in [0.29, 0.717) is 5.69 Å². The minimum absolute atomic E-state index is 0.100. The lowest BCUT2D eigenvalue weighted by Crippen LogP contribution is -2.37. The number of benzene rings is 1. The van der Waals surface area contributed by atoms with Gasteiger partial charge in [0.1, 0.15) is 5.82 Å². The molecule has 11 heteroatoms. The van der Waals surface area contributed by atoms with E-state index in [1.807, 2.05) is 5.32 Å². The SMILES string of the molecule is Cc1cc(C)n2nc(C(=O)OCC(=O)NC(=O)Nc3ccccc3F)nc2n1. The van der Waals surface area contributed by atoms with Crippen LogP contribution in [0.15, 0.2) is 30.3 Å². The van der Waals surface area contributed by atoms with Crippen LogP contribution in [0, 0.1) is 19.7 Å². The summed E-state index contributed by atoms with van der Waals surface area (Å²) < 4.78 is 19.6. The number of esters is 1. The number of fused-ring (bicyclic) bond motifs is 1. The zero-order valence-corrected chi connectivity index (χ0v) is 14.9. The topological polar surface area (TPSA) is 128 Å². The average Bonchev–Trinajstić information content (AvgIpc) is 3.06. The average molecular weight is 386 g/mol. The van der Waals surface area contributed by atoms with Crippen molar-refractivity contribution in [1.29, 1.82) is 0 Å². The third-order valence-corrected chi connectivity index (χ3v) is 3.51. The molecule has 0 saturated carbocycles. The molecular formula is C17H15FN6O4. The molecule has 0 spiro atoms. The lowest BCUT2D eigenvalue weighted by atomic mass is 10.3. The molecule has 1 aromatic carbocycles. The van der Waals surface area contributed by atoms with E-state index in [1.54, 1.807) is 19.9 Å². The van der Waals surface area contributed by atoms with Crippen LogP contribution in [0.1, 0.15) is 22.0 Å². The Morgan fingerprint density at radius 2 is 1.93 bits per heavy atom. The molecule has 3 rings (SSSR count). The smallest absolute Gasteiger partial charge is 0.378 e. The van der Waals surface area contributed by atoms with Crippen LogP contribution < -0.4 is 10.6 Å². The van der Waals surface area contributed by atoms with Gasteiger partial charge in [-0.25, -0.2) is 23.5 Å². The first-order valence-electron chi connectivity index (χ1n) is 8.07. The Kier molecular flexibility index (Phi) is 5.25. The number of amides is 3. The van der Waals surface area contributed by atoms with Crippen molar-refractivity contribution >= 4 is 29.4 Å². The van der Waals surface area contributed by atoms with E-state index < -0.39 is 30.3 Å². The zero-order chi connectivity index (χ0) is 20.3. The molecule has 144 valence electrons. The summed E-state index contributed by atoms with van der Waals surface area (Å²) in [7, 11) is 0. The maximum atomic E-state index is 13.5. The standard InChI is InChI=1S/C17H15FN6O4/c1-9-7-10(2)24-16(19-9)22-14(23-24)15(26)28-8-13(25)21-17(27)20-12-6-4-3-5-11(12)18/h3-7H,8H2,1-2H3,(H2,20,21,25,27). The highest BCUT2D eigenvalue weighted by Gasteiger charge is 2.18. The van der Waals surface area contributed by atoms with Crippen molar-refractivity contribution in [3.05, 3.63) is 53.4 Å². The summed E-state index contributed by atoms with van der Waals surface area (Å²) in [6, 6.07) is 6.24. The van der Waals surface area contributed by atoms with E-state index in [4.69, 9.17) is 4.74 Å². The first-order chi connectivity index (χ1) is 13.3. The van der Waals surface area contributed by atoms with Gasteiger partial charge in [0.15, 0.2) is 6.61 Å². The van der Waals surface area contributed by atoms with E-state index in [0.717, 1.165) is 11.8 Å². The number of aromatic nitrogens is 4. The number of ether oxygens (including phenoxy) is 1. The molecular weight excluding hydrogens is 371 g/mol. The molecule has 28 heavy (non-hydrogen) atoms. The first-order valence-corrected chi connectivity index (χ1v) is 8.07. The van der Waals surface area contributed by atoms with E-state index >= 15 is 0 Å². The Balaban J connectivity index is 1.55. The second-order valence-electron chi connectivity index (χ2n) is 5.74. The van der Waals surface area contributed by atoms with E-state index in [2.05, 4.69) is 20.4 Å². The monoisotopic (exact) mass is 386 g/mol. The minimum Gasteiger partial charge on any atom is -0.450 e. The Bertz CT molecular complexity index is 1080. The fourth-order valence-corrected chi connectivity index (χ4v) is 2.33. The van der Waals surface area contributed by atoms with Crippen molar-refractivity contribution in [2.75, 3.05) is 11.9 Å². The number of nitrogens with zero attached hydrogens (tertiary/aromatic N) is 4. The highest BCUT2D eigenvalue weighted by molar-refractivity contribution is 6.02. The molecule has 2 aromatic heterocycles. The van der Waals surface area contributed by atoms with Gasteiger partial charge in [0.2, 0.25) is 0 Å². The van der Waals surface area contributed by atoms with Gasteiger partial charge in [-0.3, -0.25) is 10.1 Å². The molecule has 3 aromatic rings. The van der Waals surface area contributed by atoms with Crippen molar-refractivity contribution in [3.8, 4) is 0 Å². The van der Waals surface area contributed by atoms with Crippen LogP contribution in [0.4, 0.5) is 14.9 Å². The van der Waals surface area contributed by atoms with Crippen molar-refractivity contribution in [2.45, 2.75) is 13.8 Å². The summed E-state index contributed by atoms with van der Waals surface area (Å²) in [6.07, 6.45) is 0. The normalized spacial score (nSPS) is 10.5. The number of para-hydroxylation sites is 1. The molecule has 0 radical (unpaired) electrons. The number of urea groups is 1. The molecule has 0 fully saturated rings. The zero-order valence-electron chi connectivity index (χ0n) is 14.9. The van der Waals surface area contributed by atoms with Gasteiger partial charge in [-0.2, -0.15) is 4.98 Å². The van der Waals surface area contributed by atoms with Gasteiger partial charge in [0.25, 0.3) is 17.5 Å². The molecule has 0 atom stereocenters. The van der Waals surface area contributed by atoms with Crippen molar-refractivity contribution < 1.29 is 23.5 Å². The second kappa shape index (κ2) is 7.78. The van der Waals surface area contributed by atoms with Crippen LogP contribution >= 0.6 is 0 Å². The van der Waals surface area contributed by atoms with Crippen molar-refractivity contribution in [2.24, 2.45) is 0 Å². The Hall–Kier alpha value is -3.89. The predicted molar refractivity (Wildman–Crippen MR) is 94.1 cm³/mol. The lowest BCUT2D eigenvalue weighted by molar-refractivity contribution is -0.123.